The largest absolute Gasteiger partial charge is 0.484 e. The quantitative estimate of drug-likeness (QED) is 0.668. The number of nitrogens with one attached hydrogen (secondary N) is 1. The van der Waals surface area contributed by atoms with Gasteiger partial charge >= 0.3 is 5.69 Å². The molecule has 136 valence electrons. The number of halogens is 1. The van der Waals surface area contributed by atoms with E-state index in [4.69, 9.17) is 16.3 Å². The summed E-state index contributed by atoms with van der Waals surface area (Å²) in [7, 11) is 1.68. The summed E-state index contributed by atoms with van der Waals surface area (Å²) in [6, 6.07) is 10.6. The first-order chi connectivity index (χ1) is 12.5. The van der Waals surface area contributed by atoms with Crippen LogP contribution in [0.4, 0.5) is 0 Å². The molecular weight excluding hydrogens is 376 g/mol. The van der Waals surface area contributed by atoms with Crippen LogP contribution in [0.1, 0.15) is 0 Å². The normalized spacial score (nSPS) is 10.7. The van der Waals surface area contributed by atoms with Gasteiger partial charge in [0.2, 0.25) is 0 Å². The van der Waals surface area contributed by atoms with Gasteiger partial charge in [-0.2, -0.15) is 0 Å². The van der Waals surface area contributed by atoms with Gasteiger partial charge in [0, 0.05) is 18.6 Å². The maximum Gasteiger partial charge on any atom is 0.346 e. The Balaban J connectivity index is 1.50. The molecule has 0 fully saturated rings. The van der Waals surface area contributed by atoms with E-state index >= 15 is 0 Å². The lowest BCUT2D eigenvalue weighted by Crippen LogP contribution is -2.34. The molecular formula is C17H17ClN4O3S. The Labute approximate surface area is 158 Å². The van der Waals surface area contributed by atoms with Crippen molar-refractivity contribution in [2.24, 2.45) is 7.05 Å². The van der Waals surface area contributed by atoms with Crippen LogP contribution in [0, 0.1) is 0 Å². The molecule has 26 heavy (non-hydrogen) atoms. The summed E-state index contributed by atoms with van der Waals surface area (Å²) in [6.07, 6.45) is 0. The highest BCUT2D eigenvalue weighted by molar-refractivity contribution is 7.13. The highest BCUT2D eigenvalue weighted by Gasteiger charge is 2.13. The lowest BCUT2D eigenvalue weighted by Gasteiger charge is -2.07. The Bertz CT molecular complexity index is 932. The number of hydrogen-bond acceptors (Lipinski definition) is 5. The van der Waals surface area contributed by atoms with E-state index in [9.17, 15) is 9.59 Å². The molecule has 0 atom stereocenters. The first-order valence-electron chi connectivity index (χ1n) is 7.87. The Morgan fingerprint density at radius 2 is 2.08 bits per heavy atom. The summed E-state index contributed by atoms with van der Waals surface area (Å²) >= 11 is 7.31. The average Bonchev–Trinajstić information content (AvgIpc) is 3.25. The number of carbonyl (C=O) groups is 1. The number of benzene rings is 1. The minimum atomic E-state index is -0.276. The first-order valence-corrected chi connectivity index (χ1v) is 9.13. The number of hydrogen-bond donors (Lipinski definition) is 1. The zero-order valence-corrected chi connectivity index (χ0v) is 15.6. The fourth-order valence-electron chi connectivity index (χ4n) is 2.29. The summed E-state index contributed by atoms with van der Waals surface area (Å²) in [5, 5.41) is 9.57. The van der Waals surface area contributed by atoms with E-state index in [1.165, 1.54) is 20.6 Å². The van der Waals surface area contributed by atoms with Crippen molar-refractivity contribution in [1.82, 2.24) is 19.7 Å². The molecule has 1 N–H and O–H groups in total. The summed E-state index contributed by atoms with van der Waals surface area (Å²) in [4.78, 5) is 25.0. The number of rotatable bonds is 7. The van der Waals surface area contributed by atoms with E-state index < -0.39 is 0 Å². The Morgan fingerprint density at radius 3 is 2.77 bits per heavy atom. The maximum absolute atomic E-state index is 12.2. The molecule has 0 saturated carbocycles. The van der Waals surface area contributed by atoms with Crippen LogP contribution in [-0.2, 0) is 18.4 Å². The van der Waals surface area contributed by atoms with Crippen molar-refractivity contribution < 1.29 is 9.53 Å². The van der Waals surface area contributed by atoms with E-state index in [-0.39, 0.29) is 31.3 Å². The van der Waals surface area contributed by atoms with Gasteiger partial charge in [0.15, 0.2) is 12.4 Å². The third-order valence-electron chi connectivity index (χ3n) is 3.61. The predicted molar refractivity (Wildman–Crippen MR) is 101 cm³/mol. The van der Waals surface area contributed by atoms with Gasteiger partial charge in [-0.15, -0.1) is 16.4 Å². The van der Waals surface area contributed by atoms with Gasteiger partial charge < -0.3 is 10.1 Å². The number of aromatic nitrogens is 3. The molecule has 0 unspecified atom stereocenters. The van der Waals surface area contributed by atoms with Crippen LogP contribution in [-0.4, -0.2) is 33.4 Å². The van der Waals surface area contributed by atoms with E-state index in [1.807, 2.05) is 17.5 Å². The lowest BCUT2D eigenvalue weighted by atomic mass is 10.3. The minimum Gasteiger partial charge on any atom is -0.484 e. The van der Waals surface area contributed by atoms with E-state index in [1.54, 1.807) is 31.3 Å². The van der Waals surface area contributed by atoms with Gasteiger partial charge in [-0.1, -0.05) is 17.7 Å². The fourth-order valence-corrected chi connectivity index (χ4v) is 3.16. The molecule has 0 aliphatic rings. The molecule has 9 heteroatoms. The number of ether oxygens (including phenoxy) is 1. The van der Waals surface area contributed by atoms with Crippen LogP contribution in [0.25, 0.3) is 10.7 Å². The number of amides is 1. The second-order valence-corrected chi connectivity index (χ2v) is 6.84. The Kier molecular flexibility index (Phi) is 5.75. The average molecular weight is 393 g/mol. The topological polar surface area (TPSA) is 78.2 Å². The third kappa shape index (κ3) is 4.33. The second kappa shape index (κ2) is 8.20. The monoisotopic (exact) mass is 392 g/mol. The van der Waals surface area contributed by atoms with Crippen molar-refractivity contribution in [1.29, 1.82) is 0 Å². The van der Waals surface area contributed by atoms with Gasteiger partial charge in [0.25, 0.3) is 5.91 Å². The van der Waals surface area contributed by atoms with Crippen molar-refractivity contribution >= 4 is 28.8 Å². The summed E-state index contributed by atoms with van der Waals surface area (Å²) in [6.45, 7) is 0.452. The van der Waals surface area contributed by atoms with Gasteiger partial charge in [-0.3, -0.25) is 9.36 Å². The second-order valence-electron chi connectivity index (χ2n) is 5.46. The van der Waals surface area contributed by atoms with Gasteiger partial charge in [-0.25, -0.2) is 9.48 Å². The number of carbonyl (C=O) groups excluding carboxylic acids is 1. The molecule has 3 rings (SSSR count). The van der Waals surface area contributed by atoms with Crippen LogP contribution in [0.15, 0.2) is 46.6 Å². The summed E-state index contributed by atoms with van der Waals surface area (Å²) in [5.41, 5.74) is -0.222. The molecule has 0 aliphatic heterocycles. The zero-order chi connectivity index (χ0) is 18.5. The van der Waals surface area contributed by atoms with E-state index in [0.717, 1.165) is 4.88 Å². The standard InChI is InChI=1S/C17H17ClN4O3S/c1-21-16(14-3-2-10-26-14)20-22(17(21)24)9-8-19-15(23)11-25-13-6-4-12(18)5-7-13/h2-7,10H,8-9,11H2,1H3,(H,19,23). The van der Waals surface area contributed by atoms with Crippen LogP contribution in [0.2, 0.25) is 5.02 Å². The summed E-state index contributed by atoms with van der Waals surface area (Å²) < 4.78 is 8.20. The molecule has 0 aliphatic carbocycles. The highest BCUT2D eigenvalue weighted by atomic mass is 35.5. The number of thiophene rings is 1. The predicted octanol–water partition coefficient (Wildman–Crippen LogP) is 2.16. The fraction of sp³-hybridized carbons (Fsp3) is 0.235. The molecule has 1 aromatic carbocycles. The van der Waals surface area contributed by atoms with Crippen molar-refractivity contribution in [3.63, 3.8) is 0 Å². The van der Waals surface area contributed by atoms with Gasteiger partial charge in [0.05, 0.1) is 11.4 Å². The van der Waals surface area contributed by atoms with Crippen molar-refractivity contribution in [2.75, 3.05) is 13.2 Å². The molecule has 0 spiro atoms. The van der Waals surface area contributed by atoms with E-state index in [2.05, 4.69) is 10.4 Å². The SMILES string of the molecule is Cn1c(-c2cccs2)nn(CCNC(=O)COc2ccc(Cl)cc2)c1=O. The van der Waals surface area contributed by atoms with E-state index in [0.29, 0.717) is 16.6 Å². The third-order valence-corrected chi connectivity index (χ3v) is 4.73. The Morgan fingerprint density at radius 1 is 1.31 bits per heavy atom. The minimum absolute atomic E-state index is 0.112. The lowest BCUT2D eigenvalue weighted by molar-refractivity contribution is -0.123. The van der Waals surface area contributed by atoms with Crippen molar-refractivity contribution in [2.45, 2.75) is 6.54 Å². The first kappa shape index (κ1) is 18.2. The molecule has 2 heterocycles. The maximum atomic E-state index is 12.2. The smallest absolute Gasteiger partial charge is 0.346 e. The van der Waals surface area contributed by atoms with Crippen LogP contribution < -0.4 is 15.7 Å². The number of nitrogens with zero attached hydrogens (tertiary/aromatic N) is 3. The molecule has 2 aromatic heterocycles. The van der Waals surface area contributed by atoms with Crippen LogP contribution in [0.5, 0.6) is 5.75 Å². The molecule has 3 aromatic rings. The zero-order valence-electron chi connectivity index (χ0n) is 14.0. The van der Waals surface area contributed by atoms with Crippen molar-refractivity contribution in [3.05, 3.63) is 57.3 Å². The molecule has 1 amide bonds. The van der Waals surface area contributed by atoms with Crippen LogP contribution >= 0.6 is 22.9 Å². The molecule has 0 radical (unpaired) electrons. The molecule has 7 nitrogen and oxygen atoms in total. The van der Waals surface area contributed by atoms with Gasteiger partial charge in [-0.05, 0) is 35.7 Å². The molecule has 0 bridgehead atoms. The van der Waals surface area contributed by atoms with Gasteiger partial charge in [0.1, 0.15) is 5.75 Å². The highest BCUT2D eigenvalue weighted by Crippen LogP contribution is 2.20. The van der Waals surface area contributed by atoms with Crippen molar-refractivity contribution in [3.8, 4) is 16.5 Å². The van der Waals surface area contributed by atoms with Crippen LogP contribution in [0.3, 0.4) is 0 Å². The molecule has 0 saturated heterocycles. The Hall–Kier alpha value is -2.58. The summed E-state index contributed by atoms with van der Waals surface area (Å²) in [5.74, 6) is 0.899.